The Kier molecular flexibility index (Phi) is 7.01. The number of nitrogens with zero attached hydrogens (tertiary/aromatic N) is 1. The molecule has 0 unspecified atom stereocenters. The summed E-state index contributed by atoms with van der Waals surface area (Å²) in [6, 6.07) is 12.4. The standard InChI is InChI=1S/C22H29NO4S/c1-7-20(24)27-21(19-11-9-8-10-12-19)18(5)23(6)28(25,26)22-16(3)13-15(2)14-17(22)4/h8-14,18,21H,7H2,1-6H3/t18-,21-/m1/s1. The van der Waals surface area contributed by atoms with Gasteiger partial charge in [-0.05, 0) is 44.4 Å². The third kappa shape index (κ3) is 4.62. The van der Waals surface area contributed by atoms with Crippen molar-refractivity contribution in [2.45, 2.75) is 58.1 Å². The average molecular weight is 404 g/mol. The first-order valence-electron chi connectivity index (χ1n) is 9.39. The molecule has 0 saturated carbocycles. The third-order valence-corrected chi connectivity index (χ3v) is 7.18. The van der Waals surface area contributed by atoms with E-state index in [1.54, 1.807) is 27.7 Å². The van der Waals surface area contributed by atoms with Crippen LogP contribution in [0.15, 0.2) is 47.4 Å². The zero-order valence-corrected chi connectivity index (χ0v) is 18.2. The van der Waals surface area contributed by atoms with E-state index in [0.717, 1.165) is 11.1 Å². The summed E-state index contributed by atoms with van der Waals surface area (Å²) < 4.78 is 33.7. The van der Waals surface area contributed by atoms with E-state index in [1.807, 2.05) is 49.4 Å². The Bertz CT molecular complexity index is 915. The summed E-state index contributed by atoms with van der Waals surface area (Å²) in [6.45, 7) is 9.03. The zero-order valence-electron chi connectivity index (χ0n) is 17.4. The van der Waals surface area contributed by atoms with Crippen LogP contribution in [-0.2, 0) is 19.6 Å². The van der Waals surface area contributed by atoms with Crippen LogP contribution in [0.1, 0.15) is 48.6 Å². The number of ether oxygens (including phenoxy) is 1. The molecule has 0 aliphatic carbocycles. The first kappa shape index (κ1) is 22.1. The van der Waals surface area contributed by atoms with Crippen LogP contribution in [-0.4, -0.2) is 31.8 Å². The zero-order chi connectivity index (χ0) is 21.1. The van der Waals surface area contributed by atoms with E-state index in [1.165, 1.54) is 11.4 Å². The number of likely N-dealkylation sites (N-methyl/N-ethyl adjacent to an activating group) is 1. The molecule has 0 aliphatic rings. The van der Waals surface area contributed by atoms with Crippen molar-refractivity contribution in [2.75, 3.05) is 7.05 Å². The first-order valence-corrected chi connectivity index (χ1v) is 10.8. The topological polar surface area (TPSA) is 63.7 Å². The van der Waals surface area contributed by atoms with E-state index in [-0.39, 0.29) is 12.4 Å². The van der Waals surface area contributed by atoms with E-state index in [0.29, 0.717) is 16.0 Å². The third-order valence-electron chi connectivity index (χ3n) is 4.93. The maximum atomic E-state index is 13.4. The predicted octanol–water partition coefficient (Wildman–Crippen LogP) is 4.32. The number of rotatable bonds is 7. The highest BCUT2D eigenvalue weighted by Gasteiger charge is 2.35. The van der Waals surface area contributed by atoms with Gasteiger partial charge in [0.15, 0.2) is 0 Å². The Morgan fingerprint density at radius 3 is 2.11 bits per heavy atom. The molecular formula is C22H29NO4S. The number of carbonyl (C=O) groups is 1. The van der Waals surface area contributed by atoms with Crippen LogP contribution in [0, 0.1) is 20.8 Å². The lowest BCUT2D eigenvalue weighted by Gasteiger charge is -2.32. The second-order valence-electron chi connectivity index (χ2n) is 7.16. The van der Waals surface area contributed by atoms with Crippen LogP contribution in [0.5, 0.6) is 0 Å². The molecule has 0 saturated heterocycles. The Balaban J connectivity index is 2.46. The molecule has 0 bridgehead atoms. The summed E-state index contributed by atoms with van der Waals surface area (Å²) in [4.78, 5) is 12.3. The van der Waals surface area contributed by atoms with E-state index < -0.39 is 22.2 Å². The molecule has 28 heavy (non-hydrogen) atoms. The second-order valence-corrected chi connectivity index (χ2v) is 9.10. The smallest absolute Gasteiger partial charge is 0.306 e. The normalized spacial score (nSPS) is 14.0. The molecule has 0 radical (unpaired) electrons. The number of hydrogen-bond acceptors (Lipinski definition) is 4. The average Bonchev–Trinajstić information content (AvgIpc) is 2.64. The van der Waals surface area contributed by atoms with Gasteiger partial charge < -0.3 is 4.74 Å². The van der Waals surface area contributed by atoms with Crippen LogP contribution in [0.25, 0.3) is 0 Å². The SMILES string of the molecule is CCC(=O)O[C@@H](c1ccccc1)[C@@H](C)N(C)S(=O)(=O)c1c(C)cc(C)cc1C. The molecule has 0 spiro atoms. The van der Waals surface area contributed by atoms with Gasteiger partial charge in [-0.2, -0.15) is 4.31 Å². The van der Waals surface area contributed by atoms with Gasteiger partial charge in [0.1, 0.15) is 6.10 Å². The quantitative estimate of drug-likeness (QED) is 0.646. The van der Waals surface area contributed by atoms with Gasteiger partial charge in [-0.15, -0.1) is 0 Å². The Hall–Kier alpha value is -2.18. The predicted molar refractivity (Wildman–Crippen MR) is 111 cm³/mol. The molecule has 0 N–H and O–H groups in total. The number of carbonyl (C=O) groups excluding carboxylic acids is 1. The number of aryl methyl sites for hydroxylation is 3. The molecule has 2 atom stereocenters. The highest BCUT2D eigenvalue weighted by Crippen LogP contribution is 2.31. The second kappa shape index (κ2) is 8.88. The summed E-state index contributed by atoms with van der Waals surface area (Å²) in [7, 11) is -2.23. The highest BCUT2D eigenvalue weighted by molar-refractivity contribution is 7.89. The summed E-state index contributed by atoms with van der Waals surface area (Å²) in [5.41, 5.74) is 3.19. The van der Waals surface area contributed by atoms with E-state index in [2.05, 4.69) is 0 Å². The van der Waals surface area contributed by atoms with Gasteiger partial charge >= 0.3 is 5.97 Å². The fraction of sp³-hybridized carbons (Fsp3) is 0.409. The molecule has 0 fully saturated rings. The lowest BCUT2D eigenvalue weighted by molar-refractivity contribution is -0.151. The maximum absolute atomic E-state index is 13.4. The van der Waals surface area contributed by atoms with Crippen LogP contribution in [0.3, 0.4) is 0 Å². The molecule has 2 aromatic carbocycles. The van der Waals surface area contributed by atoms with Crippen molar-refractivity contribution in [1.29, 1.82) is 0 Å². The highest BCUT2D eigenvalue weighted by atomic mass is 32.2. The van der Waals surface area contributed by atoms with Gasteiger partial charge in [0.05, 0.1) is 10.9 Å². The van der Waals surface area contributed by atoms with Crippen molar-refractivity contribution in [3.05, 3.63) is 64.7 Å². The lowest BCUT2D eigenvalue weighted by atomic mass is 10.0. The molecule has 0 heterocycles. The Morgan fingerprint density at radius 2 is 1.61 bits per heavy atom. The van der Waals surface area contributed by atoms with Crippen LogP contribution in [0.2, 0.25) is 0 Å². The first-order chi connectivity index (χ1) is 13.1. The molecule has 2 aromatic rings. The Labute approximate surface area is 168 Å². The molecule has 2 rings (SSSR count). The summed E-state index contributed by atoms with van der Waals surface area (Å²) >= 11 is 0. The number of sulfonamides is 1. The number of esters is 1. The van der Waals surface area contributed by atoms with E-state index in [9.17, 15) is 13.2 Å². The van der Waals surface area contributed by atoms with Crippen molar-refractivity contribution >= 4 is 16.0 Å². The minimum absolute atomic E-state index is 0.225. The van der Waals surface area contributed by atoms with Crippen molar-refractivity contribution < 1.29 is 17.9 Å². The van der Waals surface area contributed by atoms with Gasteiger partial charge in [0, 0.05) is 13.5 Å². The molecule has 5 nitrogen and oxygen atoms in total. The minimum Gasteiger partial charge on any atom is -0.456 e. The van der Waals surface area contributed by atoms with Crippen LogP contribution >= 0.6 is 0 Å². The number of benzene rings is 2. The largest absolute Gasteiger partial charge is 0.456 e. The van der Waals surface area contributed by atoms with E-state index in [4.69, 9.17) is 4.74 Å². The minimum atomic E-state index is -3.77. The van der Waals surface area contributed by atoms with Gasteiger partial charge in [0.25, 0.3) is 0 Å². The van der Waals surface area contributed by atoms with Crippen molar-refractivity contribution in [3.8, 4) is 0 Å². The van der Waals surface area contributed by atoms with Crippen LogP contribution in [0.4, 0.5) is 0 Å². The lowest BCUT2D eigenvalue weighted by Crippen LogP contribution is -2.41. The van der Waals surface area contributed by atoms with Gasteiger partial charge in [-0.25, -0.2) is 8.42 Å². The fourth-order valence-electron chi connectivity index (χ4n) is 3.44. The van der Waals surface area contributed by atoms with Crippen molar-refractivity contribution in [3.63, 3.8) is 0 Å². The summed E-state index contributed by atoms with van der Waals surface area (Å²) in [6.07, 6.45) is -0.470. The molecule has 152 valence electrons. The number of hydrogen-bond donors (Lipinski definition) is 0. The van der Waals surface area contributed by atoms with Gasteiger partial charge in [0.2, 0.25) is 10.0 Å². The summed E-state index contributed by atoms with van der Waals surface area (Å²) in [5, 5.41) is 0. The van der Waals surface area contributed by atoms with Crippen LogP contribution < -0.4 is 0 Å². The Morgan fingerprint density at radius 1 is 1.07 bits per heavy atom. The van der Waals surface area contributed by atoms with Crippen molar-refractivity contribution in [2.24, 2.45) is 0 Å². The molecule has 0 amide bonds. The molecule has 0 aliphatic heterocycles. The van der Waals surface area contributed by atoms with Gasteiger partial charge in [-0.1, -0.05) is 55.0 Å². The molecular weight excluding hydrogens is 374 g/mol. The van der Waals surface area contributed by atoms with Gasteiger partial charge in [-0.3, -0.25) is 4.79 Å². The fourth-order valence-corrected chi connectivity index (χ4v) is 5.21. The van der Waals surface area contributed by atoms with Crippen molar-refractivity contribution in [1.82, 2.24) is 4.31 Å². The molecule has 6 heteroatoms. The maximum Gasteiger partial charge on any atom is 0.306 e. The summed E-state index contributed by atoms with van der Waals surface area (Å²) in [5.74, 6) is -0.366. The van der Waals surface area contributed by atoms with E-state index >= 15 is 0 Å². The monoisotopic (exact) mass is 403 g/mol. The molecule has 0 aromatic heterocycles.